The molecule has 7 nitrogen and oxygen atoms in total. The minimum absolute atomic E-state index is 0.0832. The summed E-state index contributed by atoms with van der Waals surface area (Å²) < 4.78 is 0.879. The van der Waals surface area contributed by atoms with Crippen LogP contribution in [-0.4, -0.2) is 20.7 Å². The molecule has 2 aromatic heterocycles. The van der Waals surface area contributed by atoms with Gasteiger partial charge in [-0.3, -0.25) is 14.9 Å². The van der Waals surface area contributed by atoms with Crippen LogP contribution in [0, 0.1) is 35.3 Å². The zero-order valence-electron chi connectivity index (χ0n) is 16.0. The number of aromatic nitrogens is 2. The fraction of sp³-hybridized carbons (Fsp3) is 0.143. The van der Waals surface area contributed by atoms with Crippen LogP contribution in [0.15, 0.2) is 57.1 Å². The second kappa shape index (κ2) is 9.15. The van der Waals surface area contributed by atoms with Gasteiger partial charge in [0, 0.05) is 34.4 Å². The zero-order chi connectivity index (χ0) is 21.8. The van der Waals surface area contributed by atoms with Gasteiger partial charge in [0.2, 0.25) is 0 Å². The zero-order valence-corrected chi connectivity index (χ0v) is 18.5. The molecule has 0 saturated carbocycles. The van der Waals surface area contributed by atoms with E-state index in [1.165, 1.54) is 18.3 Å². The summed E-state index contributed by atoms with van der Waals surface area (Å²) in [6.07, 6.45) is 1.56. The van der Waals surface area contributed by atoms with Crippen molar-refractivity contribution in [1.82, 2.24) is 9.97 Å². The molecule has 0 aliphatic carbocycles. The van der Waals surface area contributed by atoms with Crippen molar-refractivity contribution < 1.29 is 9.72 Å². The number of hydrogen-bond donors (Lipinski definition) is 0. The molecular formula is C21H15BrN4O3S. The molecule has 0 saturated heterocycles. The Kier molecular flexibility index (Phi) is 6.59. The first kappa shape index (κ1) is 21.6. The van der Waals surface area contributed by atoms with Gasteiger partial charge in [-0.2, -0.15) is 5.26 Å². The lowest BCUT2D eigenvalue weighted by molar-refractivity contribution is -0.388. The van der Waals surface area contributed by atoms with Gasteiger partial charge in [0.25, 0.3) is 0 Å². The van der Waals surface area contributed by atoms with Crippen molar-refractivity contribution in [2.75, 3.05) is 0 Å². The van der Waals surface area contributed by atoms with Crippen LogP contribution in [-0.2, 0) is 6.42 Å². The SMILES string of the molecule is Cc1nc(Sc2ncccc2[N+](=O)[O-])c(C#N)c(C)c1CC(=O)c1ccc(Br)cc1. The first-order valence-corrected chi connectivity index (χ1v) is 10.4. The summed E-state index contributed by atoms with van der Waals surface area (Å²) in [7, 11) is 0. The van der Waals surface area contributed by atoms with E-state index in [0.29, 0.717) is 27.4 Å². The average Bonchev–Trinajstić information content (AvgIpc) is 2.72. The first-order valence-electron chi connectivity index (χ1n) is 8.78. The third kappa shape index (κ3) is 4.56. The molecule has 0 spiro atoms. The van der Waals surface area contributed by atoms with Crippen LogP contribution in [0.2, 0.25) is 0 Å². The van der Waals surface area contributed by atoms with E-state index >= 15 is 0 Å². The molecule has 150 valence electrons. The van der Waals surface area contributed by atoms with Crippen LogP contribution < -0.4 is 0 Å². The van der Waals surface area contributed by atoms with Gasteiger partial charge in [-0.1, -0.05) is 28.1 Å². The average molecular weight is 483 g/mol. The van der Waals surface area contributed by atoms with Gasteiger partial charge in [-0.25, -0.2) is 9.97 Å². The summed E-state index contributed by atoms with van der Waals surface area (Å²) >= 11 is 4.32. The Morgan fingerprint density at radius 3 is 2.57 bits per heavy atom. The molecular weight excluding hydrogens is 468 g/mol. The second-order valence-electron chi connectivity index (χ2n) is 6.39. The molecule has 9 heteroatoms. The molecule has 0 aliphatic rings. The van der Waals surface area contributed by atoms with Gasteiger partial charge in [0.05, 0.1) is 10.5 Å². The number of Topliss-reactive ketones (excluding diaryl/α,β-unsaturated/α-hetero) is 1. The summed E-state index contributed by atoms with van der Waals surface area (Å²) in [4.78, 5) is 32.0. The first-order chi connectivity index (χ1) is 14.3. The monoisotopic (exact) mass is 482 g/mol. The van der Waals surface area contributed by atoms with Gasteiger partial charge in [0.15, 0.2) is 10.8 Å². The van der Waals surface area contributed by atoms with Gasteiger partial charge < -0.3 is 0 Å². The van der Waals surface area contributed by atoms with Gasteiger partial charge in [0.1, 0.15) is 11.1 Å². The highest BCUT2D eigenvalue weighted by molar-refractivity contribution is 9.10. The quantitative estimate of drug-likeness (QED) is 0.269. The molecule has 0 fully saturated rings. The van der Waals surface area contributed by atoms with Crippen molar-refractivity contribution in [1.29, 1.82) is 5.26 Å². The number of pyridine rings is 2. The van der Waals surface area contributed by atoms with Gasteiger partial charge in [-0.15, -0.1) is 0 Å². The van der Waals surface area contributed by atoms with E-state index in [-0.39, 0.29) is 28.5 Å². The Labute approximate surface area is 185 Å². The van der Waals surface area contributed by atoms with E-state index in [1.807, 2.05) is 0 Å². The number of rotatable bonds is 6. The summed E-state index contributed by atoms with van der Waals surface area (Å²) in [5, 5.41) is 21.4. The normalized spacial score (nSPS) is 10.5. The third-order valence-corrected chi connectivity index (χ3v) is 6.03. The van der Waals surface area contributed by atoms with Crippen LogP contribution in [0.3, 0.4) is 0 Å². The maximum atomic E-state index is 12.7. The highest BCUT2D eigenvalue weighted by atomic mass is 79.9. The minimum Gasteiger partial charge on any atom is -0.294 e. The summed E-state index contributed by atoms with van der Waals surface area (Å²) in [6, 6.07) is 12.0. The van der Waals surface area contributed by atoms with E-state index in [0.717, 1.165) is 16.2 Å². The third-order valence-electron chi connectivity index (χ3n) is 4.50. The molecule has 0 atom stereocenters. The molecule has 2 heterocycles. The fourth-order valence-corrected chi connectivity index (χ4v) is 4.21. The molecule has 3 aromatic rings. The highest BCUT2D eigenvalue weighted by Gasteiger charge is 2.22. The number of nitrogens with zero attached hydrogens (tertiary/aromatic N) is 4. The highest BCUT2D eigenvalue weighted by Crippen LogP contribution is 2.35. The summed E-state index contributed by atoms with van der Waals surface area (Å²) in [6.45, 7) is 3.52. The number of halogens is 1. The van der Waals surface area contributed by atoms with Gasteiger partial charge >= 0.3 is 5.69 Å². The van der Waals surface area contributed by atoms with Crippen molar-refractivity contribution in [3.63, 3.8) is 0 Å². The number of nitro groups is 1. The van der Waals surface area contributed by atoms with Crippen molar-refractivity contribution >= 4 is 39.2 Å². The number of benzene rings is 1. The molecule has 0 aliphatic heterocycles. The maximum Gasteiger partial charge on any atom is 0.301 e. The van der Waals surface area contributed by atoms with E-state index in [4.69, 9.17) is 0 Å². The summed E-state index contributed by atoms with van der Waals surface area (Å²) in [5.74, 6) is -0.0832. The number of carbonyl (C=O) groups excluding carboxylic acids is 1. The van der Waals surface area contributed by atoms with Crippen LogP contribution in [0.25, 0.3) is 0 Å². The van der Waals surface area contributed by atoms with Crippen molar-refractivity contribution in [3.8, 4) is 6.07 Å². The van der Waals surface area contributed by atoms with Gasteiger partial charge in [-0.05, 0) is 54.9 Å². The predicted molar refractivity (Wildman–Crippen MR) is 116 cm³/mol. The number of aryl methyl sites for hydroxylation is 1. The molecule has 3 rings (SSSR count). The van der Waals surface area contributed by atoms with E-state index in [9.17, 15) is 20.2 Å². The van der Waals surface area contributed by atoms with Crippen LogP contribution in [0.4, 0.5) is 5.69 Å². The number of hydrogen-bond acceptors (Lipinski definition) is 7. The van der Waals surface area contributed by atoms with Crippen LogP contribution >= 0.6 is 27.7 Å². The van der Waals surface area contributed by atoms with Crippen LogP contribution in [0.5, 0.6) is 0 Å². The van der Waals surface area contributed by atoms with Crippen molar-refractivity contribution in [3.05, 3.63) is 85.1 Å². The standard InChI is InChI=1S/C21H15BrN4O3S/c1-12-16(10-19(27)14-5-7-15(22)8-6-14)13(2)25-20(17(12)11-23)30-21-18(26(28)29)4-3-9-24-21/h3-9H,10H2,1-2H3. The van der Waals surface area contributed by atoms with E-state index in [2.05, 4.69) is 32.0 Å². The Bertz CT molecular complexity index is 1190. The Morgan fingerprint density at radius 1 is 1.23 bits per heavy atom. The number of ketones is 1. The minimum atomic E-state index is -0.521. The Balaban J connectivity index is 1.98. The maximum absolute atomic E-state index is 12.7. The largest absolute Gasteiger partial charge is 0.301 e. The molecule has 0 N–H and O–H groups in total. The molecule has 0 bridgehead atoms. The Hall–Kier alpha value is -3.09. The van der Waals surface area contributed by atoms with Crippen LogP contribution in [0.1, 0.15) is 32.7 Å². The predicted octanol–water partition coefficient (Wildman–Crippen LogP) is 5.21. The summed E-state index contributed by atoms with van der Waals surface area (Å²) in [5.41, 5.74) is 2.61. The molecule has 0 amide bonds. The van der Waals surface area contributed by atoms with E-state index < -0.39 is 4.92 Å². The lowest BCUT2D eigenvalue weighted by Crippen LogP contribution is -2.10. The molecule has 30 heavy (non-hydrogen) atoms. The lowest BCUT2D eigenvalue weighted by atomic mass is 9.96. The molecule has 0 unspecified atom stereocenters. The molecule has 1 aromatic carbocycles. The molecule has 0 radical (unpaired) electrons. The number of carbonyl (C=O) groups is 1. The van der Waals surface area contributed by atoms with Crippen molar-refractivity contribution in [2.45, 2.75) is 30.3 Å². The lowest BCUT2D eigenvalue weighted by Gasteiger charge is -2.13. The topological polar surface area (TPSA) is 110 Å². The fourth-order valence-electron chi connectivity index (χ4n) is 2.91. The number of nitriles is 1. The van der Waals surface area contributed by atoms with Crippen molar-refractivity contribution in [2.24, 2.45) is 0 Å². The van der Waals surface area contributed by atoms with E-state index in [1.54, 1.807) is 38.1 Å². The Morgan fingerprint density at radius 2 is 1.93 bits per heavy atom. The smallest absolute Gasteiger partial charge is 0.294 e. The second-order valence-corrected chi connectivity index (χ2v) is 8.28.